The van der Waals surface area contributed by atoms with Crippen LogP contribution in [0.5, 0.6) is 0 Å². The fourth-order valence-electron chi connectivity index (χ4n) is 1.39. The molecule has 90 valence electrons. The lowest BCUT2D eigenvalue weighted by Crippen LogP contribution is -2.12. The number of carbonyl (C=O) groups is 1. The molecule has 0 bridgehead atoms. The molecule has 0 aliphatic rings. The zero-order chi connectivity index (χ0) is 12.7. The van der Waals surface area contributed by atoms with Gasteiger partial charge in [0.2, 0.25) is 5.91 Å². The standard InChI is InChI=1S/C13H15BrN2O/c1-3-4-5-6-7-13(17)16-11-8-9-12(14)15-10(11)2/h1,8-9H,4-7H2,2H3,(H,16,17). The molecule has 4 heteroatoms. The first-order valence-electron chi connectivity index (χ1n) is 5.50. The summed E-state index contributed by atoms with van der Waals surface area (Å²) in [4.78, 5) is 15.8. The topological polar surface area (TPSA) is 42.0 Å². The first-order valence-corrected chi connectivity index (χ1v) is 6.29. The van der Waals surface area contributed by atoms with E-state index in [4.69, 9.17) is 6.42 Å². The summed E-state index contributed by atoms with van der Waals surface area (Å²) in [6.07, 6.45) is 8.07. The van der Waals surface area contributed by atoms with E-state index in [1.54, 1.807) is 6.07 Å². The van der Waals surface area contributed by atoms with E-state index in [0.29, 0.717) is 6.42 Å². The van der Waals surface area contributed by atoms with Gasteiger partial charge in [-0.15, -0.1) is 12.3 Å². The van der Waals surface area contributed by atoms with Crippen LogP contribution in [0.15, 0.2) is 16.7 Å². The first-order chi connectivity index (χ1) is 8.13. The van der Waals surface area contributed by atoms with Crippen molar-refractivity contribution in [2.75, 3.05) is 5.32 Å². The number of aromatic nitrogens is 1. The van der Waals surface area contributed by atoms with Crippen LogP contribution >= 0.6 is 15.9 Å². The molecule has 0 aliphatic heterocycles. The van der Waals surface area contributed by atoms with Crippen LogP contribution in [0.25, 0.3) is 0 Å². The number of aryl methyl sites for hydroxylation is 1. The van der Waals surface area contributed by atoms with Gasteiger partial charge in [-0.3, -0.25) is 4.79 Å². The van der Waals surface area contributed by atoms with Crippen molar-refractivity contribution in [1.82, 2.24) is 4.98 Å². The molecular formula is C13H15BrN2O. The zero-order valence-electron chi connectivity index (χ0n) is 9.79. The smallest absolute Gasteiger partial charge is 0.224 e. The number of pyridine rings is 1. The highest BCUT2D eigenvalue weighted by Crippen LogP contribution is 2.16. The highest BCUT2D eigenvalue weighted by molar-refractivity contribution is 9.10. The molecule has 1 aromatic rings. The van der Waals surface area contributed by atoms with Gasteiger partial charge in [-0.25, -0.2) is 4.98 Å². The number of anilines is 1. The molecule has 0 fully saturated rings. The Labute approximate surface area is 110 Å². The average molecular weight is 295 g/mol. The summed E-state index contributed by atoms with van der Waals surface area (Å²) in [5.41, 5.74) is 1.56. The van der Waals surface area contributed by atoms with Crippen LogP contribution in [0, 0.1) is 19.3 Å². The molecule has 0 radical (unpaired) electrons. The summed E-state index contributed by atoms with van der Waals surface area (Å²) >= 11 is 3.28. The van der Waals surface area contributed by atoms with E-state index in [9.17, 15) is 4.79 Å². The fourth-order valence-corrected chi connectivity index (χ4v) is 1.79. The summed E-state index contributed by atoms with van der Waals surface area (Å²) < 4.78 is 0.766. The van der Waals surface area contributed by atoms with Crippen LogP contribution < -0.4 is 5.32 Å². The van der Waals surface area contributed by atoms with Crippen LogP contribution in [0.3, 0.4) is 0 Å². The van der Waals surface area contributed by atoms with Gasteiger partial charge in [0.05, 0.1) is 11.4 Å². The monoisotopic (exact) mass is 294 g/mol. The molecule has 0 aliphatic carbocycles. The second kappa shape index (κ2) is 7.08. The predicted molar refractivity (Wildman–Crippen MR) is 72.6 cm³/mol. The van der Waals surface area contributed by atoms with E-state index in [0.717, 1.165) is 35.2 Å². The Kier molecular flexibility index (Phi) is 5.71. The number of nitrogens with one attached hydrogen (secondary N) is 1. The molecule has 1 heterocycles. The molecule has 1 amide bonds. The number of halogens is 1. The van der Waals surface area contributed by atoms with Crippen molar-refractivity contribution in [3.8, 4) is 12.3 Å². The number of unbranched alkanes of at least 4 members (excludes halogenated alkanes) is 2. The van der Waals surface area contributed by atoms with E-state index in [2.05, 4.69) is 32.2 Å². The molecule has 0 aromatic carbocycles. The molecule has 0 saturated heterocycles. The summed E-state index contributed by atoms with van der Waals surface area (Å²) in [6, 6.07) is 3.65. The number of carbonyl (C=O) groups excluding carboxylic acids is 1. The lowest BCUT2D eigenvalue weighted by Gasteiger charge is -2.07. The lowest BCUT2D eigenvalue weighted by molar-refractivity contribution is -0.116. The summed E-state index contributed by atoms with van der Waals surface area (Å²) in [5, 5.41) is 2.84. The van der Waals surface area contributed by atoms with E-state index in [-0.39, 0.29) is 5.91 Å². The van der Waals surface area contributed by atoms with Gasteiger partial charge in [0.25, 0.3) is 0 Å². The van der Waals surface area contributed by atoms with Gasteiger partial charge in [0.15, 0.2) is 0 Å². The average Bonchev–Trinajstić information content (AvgIpc) is 2.28. The van der Waals surface area contributed by atoms with Crippen LogP contribution in [0.4, 0.5) is 5.69 Å². The van der Waals surface area contributed by atoms with Crippen molar-refractivity contribution >= 4 is 27.5 Å². The number of hydrogen-bond acceptors (Lipinski definition) is 2. The van der Waals surface area contributed by atoms with Crippen molar-refractivity contribution in [2.24, 2.45) is 0 Å². The molecule has 0 saturated carbocycles. The van der Waals surface area contributed by atoms with Crippen LogP contribution in [-0.2, 0) is 4.79 Å². The molecule has 0 unspecified atom stereocenters. The van der Waals surface area contributed by atoms with Crippen molar-refractivity contribution in [2.45, 2.75) is 32.6 Å². The van der Waals surface area contributed by atoms with Gasteiger partial charge in [-0.2, -0.15) is 0 Å². The SMILES string of the molecule is C#CCCCCC(=O)Nc1ccc(Br)nc1C. The third kappa shape index (κ3) is 5.01. The summed E-state index contributed by atoms with van der Waals surface area (Å²) in [6.45, 7) is 1.86. The van der Waals surface area contributed by atoms with Gasteiger partial charge >= 0.3 is 0 Å². The third-order valence-electron chi connectivity index (χ3n) is 2.30. The van der Waals surface area contributed by atoms with Gasteiger partial charge in [-0.1, -0.05) is 0 Å². The Morgan fingerprint density at radius 3 is 2.94 bits per heavy atom. The van der Waals surface area contributed by atoms with E-state index >= 15 is 0 Å². The van der Waals surface area contributed by atoms with Gasteiger partial charge in [0, 0.05) is 12.8 Å². The number of rotatable bonds is 5. The molecule has 1 N–H and O–H groups in total. The number of hydrogen-bond donors (Lipinski definition) is 1. The number of terminal acetylenes is 1. The van der Waals surface area contributed by atoms with Crippen molar-refractivity contribution in [3.05, 3.63) is 22.4 Å². The molecule has 1 aromatic heterocycles. The highest BCUT2D eigenvalue weighted by atomic mass is 79.9. The van der Waals surface area contributed by atoms with E-state index < -0.39 is 0 Å². The van der Waals surface area contributed by atoms with Crippen LogP contribution in [0.2, 0.25) is 0 Å². The fraction of sp³-hybridized carbons (Fsp3) is 0.385. The van der Waals surface area contributed by atoms with Crippen molar-refractivity contribution in [3.63, 3.8) is 0 Å². The second-order valence-electron chi connectivity index (χ2n) is 3.73. The largest absolute Gasteiger partial charge is 0.325 e. The third-order valence-corrected chi connectivity index (χ3v) is 2.74. The van der Waals surface area contributed by atoms with E-state index in [1.807, 2.05) is 13.0 Å². The molecule has 17 heavy (non-hydrogen) atoms. The Bertz CT molecular complexity index is 438. The first kappa shape index (κ1) is 13.7. The maximum Gasteiger partial charge on any atom is 0.224 e. The zero-order valence-corrected chi connectivity index (χ0v) is 11.4. The Balaban J connectivity index is 2.43. The molecule has 1 rings (SSSR count). The van der Waals surface area contributed by atoms with Crippen LogP contribution in [-0.4, -0.2) is 10.9 Å². The molecular weight excluding hydrogens is 280 g/mol. The minimum absolute atomic E-state index is 0.00856. The van der Waals surface area contributed by atoms with Crippen LogP contribution in [0.1, 0.15) is 31.4 Å². The molecule has 0 atom stereocenters. The Morgan fingerprint density at radius 2 is 2.29 bits per heavy atom. The van der Waals surface area contributed by atoms with Gasteiger partial charge in [0.1, 0.15) is 4.60 Å². The second-order valence-corrected chi connectivity index (χ2v) is 4.54. The highest BCUT2D eigenvalue weighted by Gasteiger charge is 2.05. The minimum atomic E-state index is 0.00856. The maximum absolute atomic E-state index is 11.6. The quantitative estimate of drug-likeness (QED) is 0.514. The van der Waals surface area contributed by atoms with Crippen molar-refractivity contribution < 1.29 is 4.79 Å². The van der Waals surface area contributed by atoms with E-state index in [1.165, 1.54) is 0 Å². The Hall–Kier alpha value is -1.34. The normalized spacial score (nSPS) is 9.71. The number of amides is 1. The minimum Gasteiger partial charge on any atom is -0.325 e. The molecule has 3 nitrogen and oxygen atoms in total. The van der Waals surface area contributed by atoms with Gasteiger partial charge < -0.3 is 5.32 Å². The predicted octanol–water partition coefficient (Wildman–Crippen LogP) is 3.28. The van der Waals surface area contributed by atoms with Gasteiger partial charge in [-0.05, 0) is 47.8 Å². The number of nitrogens with zero attached hydrogens (tertiary/aromatic N) is 1. The van der Waals surface area contributed by atoms with Crippen molar-refractivity contribution in [1.29, 1.82) is 0 Å². The lowest BCUT2D eigenvalue weighted by atomic mass is 10.2. The molecule has 0 spiro atoms. The Morgan fingerprint density at radius 1 is 1.53 bits per heavy atom. The summed E-state index contributed by atoms with van der Waals surface area (Å²) in [5.74, 6) is 2.57. The maximum atomic E-state index is 11.6. The summed E-state index contributed by atoms with van der Waals surface area (Å²) in [7, 11) is 0.